The normalized spacial score (nSPS) is 13.2. The highest BCUT2D eigenvalue weighted by atomic mass is 32.2. The molecule has 0 aliphatic heterocycles. The third-order valence-electron chi connectivity index (χ3n) is 2.46. The summed E-state index contributed by atoms with van der Waals surface area (Å²) >= 11 is 0. The smallest absolute Gasteiger partial charge is 0.324 e. The molecular formula is C10H13FN2O5S. The van der Waals surface area contributed by atoms with Gasteiger partial charge in [0.2, 0.25) is 15.8 Å². The quantitative estimate of drug-likeness (QED) is 0.595. The number of benzene rings is 1. The fourth-order valence-corrected chi connectivity index (χ4v) is 2.91. The van der Waals surface area contributed by atoms with E-state index >= 15 is 0 Å². The number of nitro groups is 1. The Bertz CT molecular complexity index is 571. The number of aliphatic hydroxyl groups is 1. The lowest BCUT2D eigenvalue weighted by Crippen LogP contribution is -2.37. The van der Waals surface area contributed by atoms with Crippen LogP contribution in [0.4, 0.5) is 10.1 Å². The first-order valence-electron chi connectivity index (χ1n) is 5.39. The molecule has 0 aromatic heterocycles. The molecule has 0 aliphatic carbocycles. The van der Waals surface area contributed by atoms with Crippen molar-refractivity contribution in [2.45, 2.75) is 24.3 Å². The van der Waals surface area contributed by atoms with Crippen molar-refractivity contribution >= 4 is 15.7 Å². The molecule has 0 aliphatic rings. The summed E-state index contributed by atoms with van der Waals surface area (Å²) < 4.78 is 39.3. The van der Waals surface area contributed by atoms with E-state index in [-0.39, 0.29) is 0 Å². The number of hydrogen-bond acceptors (Lipinski definition) is 5. The third-order valence-corrected chi connectivity index (χ3v) is 4.01. The second-order valence-corrected chi connectivity index (χ2v) is 5.44. The van der Waals surface area contributed by atoms with E-state index in [1.54, 1.807) is 6.92 Å². The molecule has 0 bridgehead atoms. The van der Waals surface area contributed by atoms with Crippen LogP contribution >= 0.6 is 0 Å². The van der Waals surface area contributed by atoms with Crippen molar-refractivity contribution in [1.29, 1.82) is 0 Å². The summed E-state index contributed by atoms with van der Waals surface area (Å²) in [6, 6.07) is 2.03. The molecule has 1 unspecified atom stereocenters. The van der Waals surface area contributed by atoms with Crippen LogP contribution in [0.1, 0.15) is 13.3 Å². The molecule has 1 rings (SSSR count). The van der Waals surface area contributed by atoms with Crippen molar-refractivity contribution in [3.8, 4) is 0 Å². The summed E-state index contributed by atoms with van der Waals surface area (Å²) in [7, 11) is -4.27. The first-order valence-corrected chi connectivity index (χ1v) is 6.88. The van der Waals surface area contributed by atoms with E-state index in [1.165, 1.54) is 0 Å². The average Bonchev–Trinajstić information content (AvgIpc) is 2.35. The maximum Gasteiger partial charge on any atom is 0.324 e. The Morgan fingerprint density at radius 3 is 2.63 bits per heavy atom. The van der Waals surface area contributed by atoms with Crippen molar-refractivity contribution in [3.63, 3.8) is 0 Å². The molecule has 0 saturated carbocycles. The van der Waals surface area contributed by atoms with Crippen LogP contribution in [0.15, 0.2) is 23.1 Å². The van der Waals surface area contributed by atoms with Crippen LogP contribution in [0.2, 0.25) is 0 Å². The van der Waals surface area contributed by atoms with Crippen molar-refractivity contribution in [1.82, 2.24) is 4.72 Å². The molecule has 0 radical (unpaired) electrons. The van der Waals surface area contributed by atoms with Crippen LogP contribution in [-0.4, -0.2) is 31.1 Å². The molecule has 1 aromatic rings. The van der Waals surface area contributed by atoms with Crippen LogP contribution in [0.25, 0.3) is 0 Å². The highest BCUT2D eigenvalue weighted by molar-refractivity contribution is 7.89. The molecule has 2 N–H and O–H groups in total. The third kappa shape index (κ3) is 3.46. The number of nitro benzene ring substituents is 1. The molecule has 9 heteroatoms. The topological polar surface area (TPSA) is 110 Å². The Hall–Kier alpha value is -1.58. The van der Waals surface area contributed by atoms with E-state index in [4.69, 9.17) is 5.11 Å². The monoisotopic (exact) mass is 292 g/mol. The summed E-state index contributed by atoms with van der Waals surface area (Å²) in [5.74, 6) is -1.23. The number of halogens is 1. The van der Waals surface area contributed by atoms with Gasteiger partial charge in [-0.2, -0.15) is 4.39 Å². The molecule has 0 amide bonds. The van der Waals surface area contributed by atoms with Gasteiger partial charge in [0, 0.05) is 6.04 Å². The van der Waals surface area contributed by atoms with E-state index in [9.17, 15) is 22.9 Å². The molecule has 7 nitrogen and oxygen atoms in total. The predicted molar refractivity (Wildman–Crippen MR) is 64.5 cm³/mol. The Kier molecular flexibility index (Phi) is 4.92. The van der Waals surface area contributed by atoms with Gasteiger partial charge in [-0.3, -0.25) is 10.1 Å². The Labute approximate surface area is 109 Å². The van der Waals surface area contributed by atoms with Crippen molar-refractivity contribution in [2.75, 3.05) is 6.61 Å². The SMILES string of the molecule is CCC(CO)NS(=O)(=O)c1cccc(F)c1[N+](=O)[O-]. The number of sulfonamides is 1. The van der Waals surface area contributed by atoms with Gasteiger partial charge in [0.05, 0.1) is 11.5 Å². The summed E-state index contributed by atoms with van der Waals surface area (Å²) in [4.78, 5) is 8.88. The molecule has 106 valence electrons. The van der Waals surface area contributed by atoms with Gasteiger partial charge in [0.1, 0.15) is 0 Å². The van der Waals surface area contributed by atoms with Gasteiger partial charge in [-0.25, -0.2) is 13.1 Å². The zero-order valence-electron chi connectivity index (χ0n) is 10.0. The van der Waals surface area contributed by atoms with Crippen molar-refractivity contribution in [2.24, 2.45) is 0 Å². The molecule has 19 heavy (non-hydrogen) atoms. The summed E-state index contributed by atoms with van der Waals surface area (Å²) in [5, 5.41) is 19.7. The highest BCUT2D eigenvalue weighted by Gasteiger charge is 2.30. The maximum absolute atomic E-state index is 13.3. The van der Waals surface area contributed by atoms with E-state index in [0.717, 1.165) is 18.2 Å². The second kappa shape index (κ2) is 6.04. The minimum atomic E-state index is -4.27. The molecule has 0 fully saturated rings. The van der Waals surface area contributed by atoms with Gasteiger partial charge in [-0.15, -0.1) is 0 Å². The fourth-order valence-electron chi connectivity index (χ4n) is 1.42. The zero-order valence-corrected chi connectivity index (χ0v) is 10.9. The predicted octanol–water partition coefficient (Wildman–Crippen LogP) is 0.783. The number of aliphatic hydroxyl groups excluding tert-OH is 1. The Morgan fingerprint density at radius 2 is 2.16 bits per heavy atom. The largest absolute Gasteiger partial charge is 0.395 e. The van der Waals surface area contributed by atoms with E-state index in [1.807, 2.05) is 0 Å². The Balaban J connectivity index is 3.29. The summed E-state index contributed by atoms with van der Waals surface area (Å²) in [5.41, 5.74) is -1.11. The minimum Gasteiger partial charge on any atom is -0.395 e. The van der Waals surface area contributed by atoms with Crippen molar-refractivity contribution < 1.29 is 22.8 Å². The lowest BCUT2D eigenvalue weighted by atomic mass is 10.3. The van der Waals surface area contributed by atoms with Crippen molar-refractivity contribution in [3.05, 3.63) is 34.1 Å². The number of para-hydroxylation sites is 1. The molecular weight excluding hydrogens is 279 g/mol. The first kappa shape index (κ1) is 15.5. The van der Waals surface area contributed by atoms with Gasteiger partial charge in [0.25, 0.3) is 0 Å². The Morgan fingerprint density at radius 1 is 1.53 bits per heavy atom. The summed E-state index contributed by atoms with van der Waals surface area (Å²) in [6.45, 7) is 1.17. The van der Waals surface area contributed by atoms with E-state index in [0.29, 0.717) is 6.42 Å². The van der Waals surface area contributed by atoms with Gasteiger partial charge in [0.15, 0.2) is 4.90 Å². The zero-order chi connectivity index (χ0) is 14.6. The van der Waals surface area contributed by atoms with Gasteiger partial charge in [-0.05, 0) is 18.6 Å². The lowest BCUT2D eigenvalue weighted by molar-refractivity contribution is -0.390. The minimum absolute atomic E-state index is 0.291. The van der Waals surface area contributed by atoms with E-state index < -0.39 is 44.0 Å². The number of nitrogens with zero attached hydrogens (tertiary/aromatic N) is 1. The van der Waals surface area contributed by atoms with Gasteiger partial charge in [-0.1, -0.05) is 13.0 Å². The first-order chi connectivity index (χ1) is 8.83. The number of nitrogens with one attached hydrogen (secondary N) is 1. The second-order valence-electron chi connectivity index (χ2n) is 3.75. The highest BCUT2D eigenvalue weighted by Crippen LogP contribution is 2.26. The lowest BCUT2D eigenvalue weighted by Gasteiger charge is -2.14. The standard InChI is InChI=1S/C10H13FN2O5S/c1-2-7(6-14)12-19(17,18)9-5-3-4-8(11)10(9)13(15)16/h3-5,7,12,14H,2,6H2,1H3. The van der Waals surface area contributed by atoms with Crippen LogP contribution < -0.4 is 4.72 Å². The molecule has 0 spiro atoms. The molecule has 0 heterocycles. The van der Waals surface area contributed by atoms with Crippen LogP contribution in [-0.2, 0) is 10.0 Å². The fraction of sp³-hybridized carbons (Fsp3) is 0.400. The van der Waals surface area contributed by atoms with Crippen LogP contribution in [0.3, 0.4) is 0 Å². The van der Waals surface area contributed by atoms with Gasteiger partial charge >= 0.3 is 5.69 Å². The number of rotatable bonds is 6. The molecule has 1 atom stereocenters. The van der Waals surface area contributed by atoms with E-state index in [2.05, 4.69) is 4.72 Å². The van der Waals surface area contributed by atoms with Crippen LogP contribution in [0.5, 0.6) is 0 Å². The maximum atomic E-state index is 13.3. The summed E-state index contributed by atoms with van der Waals surface area (Å²) in [6.07, 6.45) is 0.291. The van der Waals surface area contributed by atoms with Gasteiger partial charge < -0.3 is 5.11 Å². The average molecular weight is 292 g/mol. The van der Waals surface area contributed by atoms with Crippen LogP contribution in [0, 0.1) is 15.9 Å². The number of hydrogen-bond donors (Lipinski definition) is 2. The molecule has 0 saturated heterocycles. The molecule has 1 aromatic carbocycles.